The van der Waals surface area contributed by atoms with Crippen molar-refractivity contribution in [2.75, 3.05) is 24.6 Å². The Kier molecular flexibility index (Phi) is 3.07. The molecule has 1 aliphatic heterocycles. The van der Waals surface area contributed by atoms with Crippen molar-refractivity contribution >= 4 is 5.82 Å². The molecule has 1 aliphatic rings. The van der Waals surface area contributed by atoms with Gasteiger partial charge in [-0.25, -0.2) is 4.98 Å². The second-order valence-corrected chi connectivity index (χ2v) is 4.06. The summed E-state index contributed by atoms with van der Waals surface area (Å²) in [5.41, 5.74) is 1.58. The molecule has 0 saturated carbocycles. The van der Waals surface area contributed by atoms with Crippen molar-refractivity contribution in [1.29, 1.82) is 5.26 Å². The molecule has 0 aromatic carbocycles. The van der Waals surface area contributed by atoms with Gasteiger partial charge < -0.3 is 9.64 Å². The molecular weight excluding hydrogens is 202 g/mol. The Hall–Kier alpha value is -1.60. The van der Waals surface area contributed by atoms with Gasteiger partial charge in [-0.1, -0.05) is 0 Å². The maximum absolute atomic E-state index is 9.06. The molecule has 1 saturated heterocycles. The second-order valence-electron chi connectivity index (χ2n) is 4.06. The first-order valence-electron chi connectivity index (χ1n) is 5.45. The number of hydrogen-bond donors (Lipinski definition) is 0. The van der Waals surface area contributed by atoms with Crippen LogP contribution in [-0.4, -0.2) is 30.8 Å². The summed E-state index contributed by atoms with van der Waals surface area (Å²) in [6.45, 7) is 6.27. The van der Waals surface area contributed by atoms with Crippen LogP contribution in [0, 0.1) is 18.3 Å². The Bertz CT molecular complexity index is 425. The zero-order valence-corrected chi connectivity index (χ0v) is 9.60. The topological polar surface area (TPSA) is 49.2 Å². The highest BCUT2D eigenvalue weighted by Crippen LogP contribution is 2.20. The highest BCUT2D eigenvalue weighted by Gasteiger charge is 2.20. The number of anilines is 1. The van der Waals surface area contributed by atoms with Crippen molar-refractivity contribution in [2.45, 2.75) is 20.0 Å². The minimum absolute atomic E-state index is 0.197. The Morgan fingerprint density at radius 2 is 2.38 bits per heavy atom. The van der Waals surface area contributed by atoms with Gasteiger partial charge in [-0.15, -0.1) is 0 Å². The van der Waals surface area contributed by atoms with E-state index in [-0.39, 0.29) is 6.10 Å². The Balaban J connectivity index is 2.31. The fraction of sp³-hybridized carbons (Fsp3) is 0.500. The molecule has 2 heterocycles. The summed E-state index contributed by atoms with van der Waals surface area (Å²) in [6.07, 6.45) is 0.197. The lowest BCUT2D eigenvalue weighted by atomic mass is 10.2. The molecule has 0 bridgehead atoms. The Morgan fingerprint density at radius 3 is 3.06 bits per heavy atom. The summed E-state index contributed by atoms with van der Waals surface area (Å²) in [7, 11) is 0. The van der Waals surface area contributed by atoms with Crippen LogP contribution in [0.15, 0.2) is 12.1 Å². The number of morpholine rings is 1. The van der Waals surface area contributed by atoms with Gasteiger partial charge in [0.15, 0.2) is 0 Å². The average Bonchev–Trinajstić information content (AvgIpc) is 2.29. The minimum atomic E-state index is 0.197. The van der Waals surface area contributed by atoms with Crippen molar-refractivity contribution in [2.24, 2.45) is 0 Å². The molecule has 16 heavy (non-hydrogen) atoms. The van der Waals surface area contributed by atoms with Crippen molar-refractivity contribution in [3.05, 3.63) is 23.4 Å². The molecule has 4 nitrogen and oxygen atoms in total. The molecule has 0 amide bonds. The lowest BCUT2D eigenvalue weighted by molar-refractivity contribution is 0.0529. The fourth-order valence-corrected chi connectivity index (χ4v) is 1.88. The van der Waals surface area contributed by atoms with Crippen molar-refractivity contribution in [1.82, 2.24) is 4.98 Å². The monoisotopic (exact) mass is 217 g/mol. The summed E-state index contributed by atoms with van der Waals surface area (Å²) in [5.74, 6) is 0.789. The van der Waals surface area contributed by atoms with E-state index in [1.165, 1.54) is 0 Å². The van der Waals surface area contributed by atoms with E-state index < -0.39 is 0 Å². The van der Waals surface area contributed by atoms with E-state index in [4.69, 9.17) is 10.00 Å². The number of nitrogens with zero attached hydrogens (tertiary/aromatic N) is 3. The molecule has 1 aromatic rings. The Labute approximate surface area is 95.5 Å². The molecule has 0 aliphatic carbocycles. The number of rotatable bonds is 1. The molecule has 4 heteroatoms. The zero-order valence-electron chi connectivity index (χ0n) is 9.60. The first-order chi connectivity index (χ1) is 7.70. The molecule has 0 spiro atoms. The maximum Gasteiger partial charge on any atom is 0.146 e. The number of nitriles is 1. The number of aryl methyl sites for hydroxylation is 1. The summed E-state index contributed by atoms with van der Waals surface area (Å²) in [5, 5.41) is 9.06. The second kappa shape index (κ2) is 4.50. The van der Waals surface area contributed by atoms with E-state index in [0.717, 1.165) is 24.6 Å². The molecular formula is C12H15N3O. The Morgan fingerprint density at radius 1 is 1.56 bits per heavy atom. The van der Waals surface area contributed by atoms with Crippen LogP contribution in [-0.2, 0) is 4.74 Å². The number of pyridine rings is 1. The summed E-state index contributed by atoms with van der Waals surface area (Å²) in [6, 6.07) is 5.89. The zero-order chi connectivity index (χ0) is 11.5. The first-order valence-corrected chi connectivity index (χ1v) is 5.45. The van der Waals surface area contributed by atoms with Crippen LogP contribution in [0.1, 0.15) is 18.2 Å². The van der Waals surface area contributed by atoms with Crippen LogP contribution in [0.2, 0.25) is 0 Å². The summed E-state index contributed by atoms with van der Waals surface area (Å²) >= 11 is 0. The highest BCUT2D eigenvalue weighted by molar-refractivity contribution is 5.54. The third-order valence-electron chi connectivity index (χ3n) is 2.68. The van der Waals surface area contributed by atoms with Crippen LogP contribution >= 0.6 is 0 Å². The maximum atomic E-state index is 9.06. The van der Waals surface area contributed by atoms with E-state index in [0.29, 0.717) is 12.2 Å². The van der Waals surface area contributed by atoms with Crippen molar-refractivity contribution in [3.63, 3.8) is 0 Å². The van der Waals surface area contributed by atoms with Gasteiger partial charge in [0.25, 0.3) is 0 Å². The minimum Gasteiger partial charge on any atom is -0.375 e. The number of aromatic nitrogens is 1. The van der Waals surface area contributed by atoms with Gasteiger partial charge >= 0.3 is 0 Å². The van der Waals surface area contributed by atoms with Crippen LogP contribution < -0.4 is 4.90 Å². The number of ether oxygens (including phenoxy) is 1. The standard InChI is InChI=1S/C12H15N3O/c1-9-3-4-11(7-13)12(14-9)15-5-6-16-10(2)8-15/h3-4,10H,5-6,8H2,1-2H3. The predicted molar refractivity (Wildman–Crippen MR) is 61.3 cm³/mol. The van der Waals surface area contributed by atoms with Crippen LogP contribution in [0.25, 0.3) is 0 Å². The third-order valence-corrected chi connectivity index (χ3v) is 2.68. The van der Waals surface area contributed by atoms with Crippen molar-refractivity contribution in [3.8, 4) is 6.07 Å². The molecule has 84 valence electrons. The van der Waals surface area contributed by atoms with E-state index >= 15 is 0 Å². The van der Waals surface area contributed by atoms with E-state index in [9.17, 15) is 0 Å². The van der Waals surface area contributed by atoms with Gasteiger partial charge in [0.05, 0.1) is 18.3 Å². The average molecular weight is 217 g/mol. The van der Waals surface area contributed by atoms with Gasteiger partial charge in [0.1, 0.15) is 11.9 Å². The SMILES string of the molecule is Cc1ccc(C#N)c(N2CCOC(C)C2)n1. The molecule has 1 aromatic heterocycles. The van der Waals surface area contributed by atoms with Crippen LogP contribution in [0.5, 0.6) is 0 Å². The lowest BCUT2D eigenvalue weighted by Gasteiger charge is -2.32. The lowest BCUT2D eigenvalue weighted by Crippen LogP contribution is -2.42. The third kappa shape index (κ3) is 2.15. The van der Waals surface area contributed by atoms with E-state index in [1.54, 1.807) is 0 Å². The van der Waals surface area contributed by atoms with Gasteiger partial charge in [-0.2, -0.15) is 5.26 Å². The predicted octanol–water partition coefficient (Wildman–Crippen LogP) is 1.49. The van der Waals surface area contributed by atoms with Crippen LogP contribution in [0.4, 0.5) is 5.82 Å². The molecule has 0 N–H and O–H groups in total. The van der Waals surface area contributed by atoms with Gasteiger partial charge in [-0.05, 0) is 26.0 Å². The van der Waals surface area contributed by atoms with Crippen LogP contribution in [0.3, 0.4) is 0 Å². The first kappa shape index (κ1) is 10.9. The van der Waals surface area contributed by atoms with Gasteiger partial charge in [0, 0.05) is 18.8 Å². The van der Waals surface area contributed by atoms with E-state index in [1.807, 2.05) is 26.0 Å². The molecule has 1 unspecified atom stereocenters. The molecule has 0 radical (unpaired) electrons. The molecule has 1 fully saturated rings. The summed E-state index contributed by atoms with van der Waals surface area (Å²) in [4.78, 5) is 6.57. The van der Waals surface area contributed by atoms with Gasteiger partial charge in [-0.3, -0.25) is 0 Å². The number of hydrogen-bond acceptors (Lipinski definition) is 4. The molecule has 1 atom stereocenters. The summed E-state index contributed by atoms with van der Waals surface area (Å²) < 4.78 is 5.48. The quantitative estimate of drug-likeness (QED) is 0.715. The normalized spacial score (nSPS) is 20.6. The fourth-order valence-electron chi connectivity index (χ4n) is 1.88. The van der Waals surface area contributed by atoms with E-state index in [2.05, 4.69) is 16.0 Å². The van der Waals surface area contributed by atoms with Crippen molar-refractivity contribution < 1.29 is 4.74 Å². The smallest absolute Gasteiger partial charge is 0.146 e. The largest absolute Gasteiger partial charge is 0.375 e. The van der Waals surface area contributed by atoms with Gasteiger partial charge in [0.2, 0.25) is 0 Å². The highest BCUT2D eigenvalue weighted by atomic mass is 16.5. The molecule has 2 rings (SSSR count).